The second-order valence-electron chi connectivity index (χ2n) is 9.62. The SMILES string of the molecule is C/C=C(/C)C(=O)O[C@H]1C[C@@H](O)C(=O)[C@@H](OC(=O)/C(C)=C\C)C2(C)CCC(OC)(C(C)C)[C@H]12. The van der Waals surface area contributed by atoms with Gasteiger partial charge in [-0.1, -0.05) is 32.9 Å². The van der Waals surface area contributed by atoms with Crippen LogP contribution in [-0.4, -0.2) is 53.9 Å². The van der Waals surface area contributed by atoms with Crippen LogP contribution in [0.4, 0.5) is 0 Å². The zero-order valence-electron chi connectivity index (χ0n) is 20.6. The van der Waals surface area contributed by atoms with E-state index in [9.17, 15) is 19.5 Å². The maximum absolute atomic E-state index is 13.3. The number of aliphatic hydroxyl groups is 1. The molecule has 0 radical (unpaired) electrons. The highest BCUT2D eigenvalue weighted by molar-refractivity contribution is 5.94. The Labute approximate surface area is 191 Å². The van der Waals surface area contributed by atoms with E-state index < -0.39 is 53.0 Å². The molecule has 1 N–H and O–H groups in total. The summed E-state index contributed by atoms with van der Waals surface area (Å²) in [4.78, 5) is 38.6. The summed E-state index contributed by atoms with van der Waals surface area (Å²) in [5, 5.41) is 10.8. The van der Waals surface area contributed by atoms with Gasteiger partial charge in [0.05, 0.1) is 5.60 Å². The molecule has 0 heterocycles. The molecule has 32 heavy (non-hydrogen) atoms. The third kappa shape index (κ3) is 4.42. The van der Waals surface area contributed by atoms with Gasteiger partial charge in [0.25, 0.3) is 0 Å². The van der Waals surface area contributed by atoms with E-state index in [2.05, 4.69) is 0 Å². The van der Waals surface area contributed by atoms with Crippen molar-refractivity contribution in [1.29, 1.82) is 0 Å². The molecule has 0 saturated heterocycles. The Morgan fingerprint density at radius 2 is 1.59 bits per heavy atom. The van der Waals surface area contributed by atoms with Crippen LogP contribution in [0.25, 0.3) is 0 Å². The number of ketones is 1. The van der Waals surface area contributed by atoms with Crippen LogP contribution in [-0.2, 0) is 28.6 Å². The molecule has 0 aromatic rings. The lowest BCUT2D eigenvalue weighted by Gasteiger charge is -2.46. The molecule has 7 heteroatoms. The number of carbonyl (C=O) groups excluding carboxylic acids is 3. The van der Waals surface area contributed by atoms with Gasteiger partial charge < -0.3 is 19.3 Å². The predicted octanol–water partition coefficient (Wildman–Crippen LogP) is 3.53. The lowest BCUT2D eigenvalue weighted by molar-refractivity contribution is -0.181. The molecule has 180 valence electrons. The number of fused-ring (bicyclic) bond motifs is 1. The van der Waals surface area contributed by atoms with Crippen molar-refractivity contribution >= 4 is 17.7 Å². The summed E-state index contributed by atoms with van der Waals surface area (Å²) in [6.07, 6.45) is 0.953. The Hall–Kier alpha value is -1.99. The molecule has 2 saturated carbocycles. The first-order valence-electron chi connectivity index (χ1n) is 11.3. The summed E-state index contributed by atoms with van der Waals surface area (Å²) in [6, 6.07) is 0. The molecular weight excluding hydrogens is 412 g/mol. The molecule has 6 atom stereocenters. The van der Waals surface area contributed by atoms with Crippen molar-refractivity contribution in [2.45, 2.75) is 91.6 Å². The van der Waals surface area contributed by atoms with Crippen molar-refractivity contribution in [2.75, 3.05) is 7.11 Å². The Bertz CT molecular complexity index is 811. The number of hydrogen-bond donors (Lipinski definition) is 1. The van der Waals surface area contributed by atoms with Gasteiger partial charge in [0.1, 0.15) is 12.2 Å². The third-order valence-electron chi connectivity index (χ3n) is 7.66. The summed E-state index contributed by atoms with van der Waals surface area (Å²) < 4.78 is 17.7. The predicted molar refractivity (Wildman–Crippen MR) is 120 cm³/mol. The minimum Gasteiger partial charge on any atom is -0.458 e. The largest absolute Gasteiger partial charge is 0.458 e. The van der Waals surface area contributed by atoms with Gasteiger partial charge in [0.2, 0.25) is 5.78 Å². The molecule has 2 fully saturated rings. The van der Waals surface area contributed by atoms with Crippen molar-refractivity contribution in [3.05, 3.63) is 23.3 Å². The first kappa shape index (κ1) is 26.3. The lowest BCUT2D eigenvalue weighted by atomic mass is 9.66. The highest BCUT2D eigenvalue weighted by Crippen LogP contribution is 2.60. The fourth-order valence-corrected chi connectivity index (χ4v) is 5.43. The summed E-state index contributed by atoms with van der Waals surface area (Å²) in [5.41, 5.74) is -0.779. The molecule has 0 spiro atoms. The van der Waals surface area contributed by atoms with E-state index in [0.717, 1.165) is 0 Å². The molecule has 0 aromatic heterocycles. The summed E-state index contributed by atoms with van der Waals surface area (Å²) in [6.45, 7) is 12.7. The topological polar surface area (TPSA) is 99.1 Å². The minimum atomic E-state index is -1.42. The highest BCUT2D eigenvalue weighted by atomic mass is 16.6. The molecule has 0 bridgehead atoms. The smallest absolute Gasteiger partial charge is 0.334 e. The summed E-state index contributed by atoms with van der Waals surface area (Å²) >= 11 is 0. The molecule has 7 nitrogen and oxygen atoms in total. The summed E-state index contributed by atoms with van der Waals surface area (Å²) in [5.74, 6) is -2.09. The molecule has 0 aliphatic heterocycles. The quantitative estimate of drug-likeness (QED) is 0.488. The van der Waals surface area contributed by atoms with Crippen LogP contribution < -0.4 is 0 Å². The Kier molecular flexibility index (Phi) is 8.10. The van der Waals surface area contributed by atoms with E-state index in [1.165, 1.54) is 0 Å². The van der Waals surface area contributed by atoms with Gasteiger partial charge >= 0.3 is 11.9 Å². The lowest BCUT2D eigenvalue weighted by Crippen LogP contribution is -2.55. The van der Waals surface area contributed by atoms with Crippen LogP contribution >= 0.6 is 0 Å². The number of ether oxygens (including phenoxy) is 3. The van der Waals surface area contributed by atoms with Gasteiger partial charge in [-0.3, -0.25) is 4.79 Å². The van der Waals surface area contributed by atoms with Crippen LogP contribution in [0.2, 0.25) is 0 Å². The molecule has 2 unspecified atom stereocenters. The molecule has 2 rings (SSSR count). The third-order valence-corrected chi connectivity index (χ3v) is 7.66. The maximum Gasteiger partial charge on any atom is 0.334 e. The van der Waals surface area contributed by atoms with Gasteiger partial charge in [0.15, 0.2) is 6.10 Å². The average molecular weight is 451 g/mol. The monoisotopic (exact) mass is 450 g/mol. The maximum atomic E-state index is 13.3. The van der Waals surface area contributed by atoms with Crippen LogP contribution in [0.15, 0.2) is 23.3 Å². The highest BCUT2D eigenvalue weighted by Gasteiger charge is 2.67. The number of aliphatic hydroxyl groups excluding tert-OH is 1. The van der Waals surface area contributed by atoms with E-state index in [1.807, 2.05) is 20.8 Å². The molecular formula is C25H38O7. The van der Waals surface area contributed by atoms with Crippen molar-refractivity contribution in [1.82, 2.24) is 0 Å². The van der Waals surface area contributed by atoms with E-state index in [1.54, 1.807) is 47.0 Å². The zero-order chi connectivity index (χ0) is 24.4. The van der Waals surface area contributed by atoms with Crippen LogP contribution in [0.5, 0.6) is 0 Å². The van der Waals surface area contributed by atoms with Crippen LogP contribution in [0.3, 0.4) is 0 Å². The first-order valence-corrected chi connectivity index (χ1v) is 11.3. The normalized spacial score (nSPS) is 36.0. The van der Waals surface area contributed by atoms with Crippen LogP contribution in [0.1, 0.15) is 67.7 Å². The molecule has 0 amide bonds. The summed E-state index contributed by atoms with van der Waals surface area (Å²) in [7, 11) is 1.62. The molecule has 2 aliphatic rings. The number of Topliss-reactive ketones (excluding diaryl/α,β-unsaturated/α-hetero) is 1. The van der Waals surface area contributed by atoms with E-state index in [-0.39, 0.29) is 12.3 Å². The Balaban J connectivity index is 2.64. The fraction of sp³-hybridized carbons (Fsp3) is 0.720. The minimum absolute atomic E-state index is 0.0299. The van der Waals surface area contributed by atoms with E-state index in [4.69, 9.17) is 14.2 Å². The second-order valence-corrected chi connectivity index (χ2v) is 9.62. The van der Waals surface area contributed by atoms with Gasteiger partial charge in [0, 0.05) is 36.0 Å². The number of carbonyl (C=O) groups is 3. The second kappa shape index (κ2) is 9.87. The number of methoxy groups -OCH3 is 1. The van der Waals surface area contributed by atoms with E-state index >= 15 is 0 Å². The number of hydrogen-bond acceptors (Lipinski definition) is 7. The molecule has 2 aliphatic carbocycles. The standard InChI is InChI=1S/C25H38O7/c1-9-15(5)22(28)31-18-13-17(26)19(27)21(32-23(29)16(6)10-2)24(7)11-12-25(30-8,14(3)4)20(18)24/h9-10,14,17-18,20-21,26H,11-13H2,1-8H3/b15-9-,16-10-/t17-,18+,20-,21-,24?,25?/m1/s1. The first-order chi connectivity index (χ1) is 14.9. The van der Waals surface area contributed by atoms with Gasteiger partial charge in [-0.05, 0) is 46.5 Å². The Morgan fingerprint density at radius 3 is 2.06 bits per heavy atom. The number of allylic oxidation sites excluding steroid dienone is 2. The fourth-order valence-electron chi connectivity index (χ4n) is 5.43. The Morgan fingerprint density at radius 1 is 1.06 bits per heavy atom. The van der Waals surface area contributed by atoms with Gasteiger partial charge in [-0.15, -0.1) is 0 Å². The van der Waals surface area contributed by atoms with Crippen LogP contribution in [0, 0.1) is 17.3 Å². The number of rotatable bonds is 6. The van der Waals surface area contributed by atoms with E-state index in [0.29, 0.717) is 24.0 Å². The zero-order valence-corrected chi connectivity index (χ0v) is 20.6. The molecule has 0 aromatic carbocycles. The van der Waals surface area contributed by atoms with Crippen molar-refractivity contribution in [2.24, 2.45) is 17.3 Å². The van der Waals surface area contributed by atoms with Gasteiger partial charge in [-0.2, -0.15) is 0 Å². The average Bonchev–Trinajstić information content (AvgIpc) is 3.05. The van der Waals surface area contributed by atoms with Gasteiger partial charge in [-0.25, -0.2) is 9.59 Å². The number of esters is 2. The van der Waals surface area contributed by atoms with Crippen molar-refractivity contribution < 1.29 is 33.7 Å². The van der Waals surface area contributed by atoms with Crippen molar-refractivity contribution in [3.63, 3.8) is 0 Å². The van der Waals surface area contributed by atoms with Crippen molar-refractivity contribution in [3.8, 4) is 0 Å².